The minimum Gasteiger partial charge on any atom is -0.496 e. The first-order chi connectivity index (χ1) is 9.72. The molecule has 0 radical (unpaired) electrons. The van der Waals surface area contributed by atoms with Crippen molar-refractivity contribution in [3.8, 4) is 5.75 Å². The summed E-state index contributed by atoms with van der Waals surface area (Å²) in [6, 6.07) is 7.06. The van der Waals surface area contributed by atoms with Gasteiger partial charge in [-0.25, -0.2) is 4.79 Å². The van der Waals surface area contributed by atoms with Crippen LogP contribution in [-0.2, 0) is 4.74 Å². The van der Waals surface area contributed by atoms with Crippen molar-refractivity contribution in [2.45, 2.75) is 6.42 Å². The van der Waals surface area contributed by atoms with Crippen molar-refractivity contribution in [2.75, 3.05) is 33.4 Å². The SMILES string of the molecule is COc1ccccc1C(=O)NCCCN1CCOC1=O. The lowest BCUT2D eigenvalue weighted by Gasteiger charge is -2.13. The van der Waals surface area contributed by atoms with E-state index in [2.05, 4.69) is 5.32 Å². The summed E-state index contributed by atoms with van der Waals surface area (Å²) in [5.41, 5.74) is 0.510. The second-order valence-corrected chi connectivity index (χ2v) is 4.41. The third kappa shape index (κ3) is 3.40. The molecule has 0 spiro atoms. The average Bonchev–Trinajstić information content (AvgIpc) is 2.88. The minimum absolute atomic E-state index is 0.175. The summed E-state index contributed by atoms with van der Waals surface area (Å²) in [7, 11) is 1.53. The van der Waals surface area contributed by atoms with E-state index in [0.717, 1.165) is 0 Å². The van der Waals surface area contributed by atoms with Gasteiger partial charge in [-0.05, 0) is 18.6 Å². The molecule has 1 aromatic carbocycles. The van der Waals surface area contributed by atoms with Crippen LogP contribution < -0.4 is 10.1 Å². The zero-order valence-corrected chi connectivity index (χ0v) is 11.4. The van der Waals surface area contributed by atoms with Crippen LogP contribution in [0.5, 0.6) is 5.75 Å². The Kier molecular flexibility index (Phi) is 4.81. The fraction of sp³-hybridized carbons (Fsp3) is 0.429. The lowest BCUT2D eigenvalue weighted by Crippen LogP contribution is -2.30. The Bertz CT molecular complexity index is 490. The smallest absolute Gasteiger partial charge is 0.409 e. The molecular formula is C14H18N2O4. The number of benzene rings is 1. The van der Waals surface area contributed by atoms with Crippen molar-refractivity contribution in [1.29, 1.82) is 0 Å². The number of methoxy groups -OCH3 is 1. The van der Waals surface area contributed by atoms with E-state index in [-0.39, 0.29) is 12.0 Å². The van der Waals surface area contributed by atoms with Gasteiger partial charge in [0.2, 0.25) is 0 Å². The zero-order valence-electron chi connectivity index (χ0n) is 11.4. The van der Waals surface area contributed by atoms with E-state index in [1.807, 2.05) is 6.07 Å². The number of para-hydroxylation sites is 1. The lowest BCUT2D eigenvalue weighted by molar-refractivity contribution is 0.0949. The molecule has 6 nitrogen and oxygen atoms in total. The molecule has 1 N–H and O–H groups in total. The summed E-state index contributed by atoms with van der Waals surface area (Å²) >= 11 is 0. The van der Waals surface area contributed by atoms with Crippen LogP contribution in [0.4, 0.5) is 4.79 Å². The van der Waals surface area contributed by atoms with Gasteiger partial charge in [-0.3, -0.25) is 4.79 Å². The van der Waals surface area contributed by atoms with Crippen molar-refractivity contribution >= 4 is 12.0 Å². The third-order valence-corrected chi connectivity index (χ3v) is 3.09. The van der Waals surface area contributed by atoms with Crippen LogP contribution in [0.3, 0.4) is 0 Å². The Labute approximate surface area is 117 Å². The number of carbonyl (C=O) groups is 2. The molecule has 1 fully saturated rings. The van der Waals surface area contributed by atoms with Crippen LogP contribution >= 0.6 is 0 Å². The molecule has 1 aliphatic rings. The molecule has 0 aliphatic carbocycles. The van der Waals surface area contributed by atoms with Gasteiger partial charge in [-0.2, -0.15) is 0 Å². The maximum atomic E-state index is 12.0. The Balaban J connectivity index is 1.76. The van der Waals surface area contributed by atoms with Crippen LogP contribution in [-0.4, -0.2) is 50.3 Å². The maximum absolute atomic E-state index is 12.0. The van der Waals surface area contributed by atoms with Gasteiger partial charge in [0, 0.05) is 13.1 Å². The van der Waals surface area contributed by atoms with Gasteiger partial charge in [0.1, 0.15) is 12.4 Å². The Morgan fingerprint density at radius 1 is 1.45 bits per heavy atom. The predicted octanol–water partition coefficient (Wildman–Crippen LogP) is 1.27. The van der Waals surface area contributed by atoms with E-state index in [9.17, 15) is 9.59 Å². The standard InChI is InChI=1S/C14H18N2O4/c1-19-12-6-3-2-5-11(12)13(17)15-7-4-8-16-9-10-20-14(16)18/h2-3,5-6H,4,7-10H2,1H3,(H,15,17). The summed E-state index contributed by atoms with van der Waals surface area (Å²) in [6.45, 7) is 2.16. The van der Waals surface area contributed by atoms with Crippen molar-refractivity contribution in [1.82, 2.24) is 10.2 Å². The quantitative estimate of drug-likeness (QED) is 0.796. The van der Waals surface area contributed by atoms with E-state index in [0.29, 0.717) is 44.0 Å². The highest BCUT2D eigenvalue weighted by Gasteiger charge is 2.20. The number of ether oxygens (including phenoxy) is 2. The first-order valence-electron chi connectivity index (χ1n) is 6.55. The highest BCUT2D eigenvalue weighted by molar-refractivity contribution is 5.96. The summed E-state index contributed by atoms with van der Waals surface area (Å²) in [6.07, 6.45) is 0.414. The van der Waals surface area contributed by atoms with Crippen molar-refractivity contribution in [3.05, 3.63) is 29.8 Å². The first-order valence-corrected chi connectivity index (χ1v) is 6.55. The van der Waals surface area contributed by atoms with E-state index >= 15 is 0 Å². The monoisotopic (exact) mass is 278 g/mol. The van der Waals surface area contributed by atoms with Crippen molar-refractivity contribution in [2.24, 2.45) is 0 Å². The molecular weight excluding hydrogens is 260 g/mol. The van der Waals surface area contributed by atoms with Gasteiger partial charge in [0.15, 0.2) is 0 Å². The molecule has 2 amide bonds. The minimum atomic E-state index is -0.277. The Hall–Kier alpha value is -2.24. The predicted molar refractivity (Wildman–Crippen MR) is 72.9 cm³/mol. The third-order valence-electron chi connectivity index (χ3n) is 3.09. The molecule has 0 bridgehead atoms. The number of nitrogens with one attached hydrogen (secondary N) is 1. The maximum Gasteiger partial charge on any atom is 0.409 e. The molecule has 1 aromatic rings. The fourth-order valence-corrected chi connectivity index (χ4v) is 2.03. The first kappa shape index (κ1) is 14.2. The van der Waals surface area contributed by atoms with Crippen molar-refractivity contribution < 1.29 is 19.1 Å². The molecule has 1 saturated heterocycles. The van der Waals surface area contributed by atoms with Gasteiger partial charge in [0.05, 0.1) is 19.2 Å². The number of hydrogen-bond acceptors (Lipinski definition) is 4. The molecule has 0 atom stereocenters. The molecule has 1 aliphatic heterocycles. The van der Waals surface area contributed by atoms with E-state index in [4.69, 9.17) is 9.47 Å². The van der Waals surface area contributed by atoms with Gasteiger partial charge < -0.3 is 19.7 Å². The molecule has 0 unspecified atom stereocenters. The summed E-state index contributed by atoms with van der Waals surface area (Å²) in [4.78, 5) is 24.8. The number of carbonyl (C=O) groups excluding carboxylic acids is 2. The van der Waals surface area contributed by atoms with Crippen LogP contribution in [0.2, 0.25) is 0 Å². The highest BCUT2D eigenvalue weighted by Crippen LogP contribution is 2.16. The molecule has 108 valence electrons. The highest BCUT2D eigenvalue weighted by atomic mass is 16.6. The van der Waals surface area contributed by atoms with Gasteiger partial charge >= 0.3 is 6.09 Å². The van der Waals surface area contributed by atoms with Gasteiger partial charge in [-0.15, -0.1) is 0 Å². The van der Waals surface area contributed by atoms with Crippen LogP contribution in [0.15, 0.2) is 24.3 Å². The fourth-order valence-electron chi connectivity index (χ4n) is 2.03. The molecule has 6 heteroatoms. The molecule has 0 saturated carbocycles. The van der Waals surface area contributed by atoms with Crippen molar-refractivity contribution in [3.63, 3.8) is 0 Å². The van der Waals surface area contributed by atoms with Gasteiger partial charge in [-0.1, -0.05) is 12.1 Å². The Morgan fingerprint density at radius 3 is 2.95 bits per heavy atom. The van der Waals surface area contributed by atoms with E-state index in [1.165, 1.54) is 7.11 Å². The van der Waals surface area contributed by atoms with E-state index in [1.54, 1.807) is 23.1 Å². The van der Waals surface area contributed by atoms with E-state index < -0.39 is 0 Å². The topological polar surface area (TPSA) is 67.9 Å². The number of amides is 2. The second kappa shape index (κ2) is 6.79. The molecule has 1 heterocycles. The summed E-state index contributed by atoms with van der Waals surface area (Å²) in [5, 5.41) is 2.81. The number of rotatable bonds is 6. The molecule has 0 aromatic heterocycles. The number of nitrogens with zero attached hydrogens (tertiary/aromatic N) is 1. The summed E-state index contributed by atoms with van der Waals surface area (Å²) in [5.74, 6) is 0.375. The lowest BCUT2D eigenvalue weighted by atomic mass is 10.2. The van der Waals surface area contributed by atoms with Crippen LogP contribution in [0.1, 0.15) is 16.8 Å². The average molecular weight is 278 g/mol. The summed E-state index contributed by atoms with van der Waals surface area (Å²) < 4.78 is 9.96. The molecule has 20 heavy (non-hydrogen) atoms. The number of hydrogen-bond donors (Lipinski definition) is 1. The number of cyclic esters (lactones) is 1. The van der Waals surface area contributed by atoms with Crippen LogP contribution in [0, 0.1) is 0 Å². The normalized spacial score (nSPS) is 14.1. The largest absolute Gasteiger partial charge is 0.496 e. The van der Waals surface area contributed by atoms with Gasteiger partial charge in [0.25, 0.3) is 5.91 Å². The zero-order chi connectivity index (χ0) is 14.4. The van der Waals surface area contributed by atoms with Crippen LogP contribution in [0.25, 0.3) is 0 Å². The Morgan fingerprint density at radius 2 is 2.25 bits per heavy atom. The second-order valence-electron chi connectivity index (χ2n) is 4.41. The molecule has 2 rings (SSSR count).